The Morgan fingerprint density at radius 1 is 1.34 bits per heavy atom. The second-order valence-electron chi connectivity index (χ2n) is 8.99. The number of phenolic OH excluding ortho intramolecular Hbond substituents is 1. The fraction of sp³-hybridized carbons (Fsp3) is 0.500. The summed E-state index contributed by atoms with van der Waals surface area (Å²) in [4.78, 5) is 18.9. The van der Waals surface area contributed by atoms with Crippen LogP contribution in [0.15, 0.2) is 42.7 Å². The monoisotopic (exact) mass is 465 g/mol. The molecule has 8 heteroatoms. The van der Waals surface area contributed by atoms with E-state index in [2.05, 4.69) is 10.3 Å². The molecule has 1 fully saturated rings. The average molecular weight is 466 g/mol. The number of aromatic nitrogens is 1. The third-order valence-corrected chi connectivity index (χ3v) is 6.92. The van der Waals surface area contributed by atoms with Crippen LogP contribution in [-0.4, -0.2) is 53.5 Å². The molecule has 1 heterocycles. The van der Waals surface area contributed by atoms with Crippen molar-refractivity contribution in [2.45, 2.75) is 50.5 Å². The fourth-order valence-corrected chi connectivity index (χ4v) is 4.58. The van der Waals surface area contributed by atoms with Crippen LogP contribution >= 0.6 is 11.6 Å². The van der Waals surface area contributed by atoms with E-state index >= 15 is 0 Å². The van der Waals surface area contributed by atoms with E-state index in [1.165, 1.54) is 6.07 Å². The molecule has 2 aromatic rings. The van der Waals surface area contributed by atoms with Crippen LogP contribution in [0, 0.1) is 5.41 Å². The highest BCUT2D eigenvalue weighted by molar-refractivity contribution is 6.31. The summed E-state index contributed by atoms with van der Waals surface area (Å²) in [5.41, 5.74) is 0.323. The number of carbonyl (C=O) groups excluding carboxylic acids is 1. The minimum atomic E-state index is -2.88. The second kappa shape index (κ2) is 9.71. The molecule has 1 saturated carbocycles. The molecule has 0 bridgehead atoms. The highest BCUT2D eigenvalue weighted by Gasteiger charge is 2.63. The van der Waals surface area contributed by atoms with E-state index in [0.29, 0.717) is 36.4 Å². The number of amides is 1. The maximum atomic E-state index is 14.5. The van der Waals surface area contributed by atoms with E-state index in [0.717, 1.165) is 12.5 Å². The molecule has 2 atom stereocenters. The fourth-order valence-electron chi connectivity index (χ4n) is 4.32. The Morgan fingerprint density at radius 2 is 2.06 bits per heavy atom. The van der Waals surface area contributed by atoms with Gasteiger partial charge in [0, 0.05) is 47.8 Å². The molecule has 0 spiro atoms. The molecule has 5 nitrogen and oxygen atoms in total. The molecule has 0 radical (unpaired) electrons. The van der Waals surface area contributed by atoms with E-state index in [1.54, 1.807) is 36.7 Å². The van der Waals surface area contributed by atoms with Crippen LogP contribution in [-0.2, 0) is 11.2 Å². The summed E-state index contributed by atoms with van der Waals surface area (Å²) in [6.07, 6.45) is 4.51. The number of alkyl halides is 2. The van der Waals surface area contributed by atoms with Crippen molar-refractivity contribution in [2.75, 3.05) is 20.6 Å². The maximum Gasteiger partial charge on any atom is 0.251 e. The summed E-state index contributed by atoms with van der Waals surface area (Å²) < 4.78 is 29.0. The van der Waals surface area contributed by atoms with Crippen LogP contribution in [0.1, 0.15) is 43.2 Å². The summed E-state index contributed by atoms with van der Waals surface area (Å²) in [6.45, 7) is 1.29. The quantitative estimate of drug-likeness (QED) is 0.536. The predicted octanol–water partition coefficient (Wildman–Crippen LogP) is 4.64. The summed E-state index contributed by atoms with van der Waals surface area (Å²) in [5, 5.41) is 12.9. The molecule has 1 aromatic heterocycles. The molecule has 0 unspecified atom stereocenters. The van der Waals surface area contributed by atoms with Gasteiger partial charge < -0.3 is 15.3 Å². The van der Waals surface area contributed by atoms with Crippen LogP contribution < -0.4 is 5.32 Å². The minimum absolute atomic E-state index is 0.0186. The van der Waals surface area contributed by atoms with Crippen molar-refractivity contribution in [2.24, 2.45) is 5.41 Å². The lowest BCUT2D eigenvalue weighted by Crippen LogP contribution is -2.43. The zero-order valence-electron chi connectivity index (χ0n) is 18.6. The van der Waals surface area contributed by atoms with Gasteiger partial charge in [-0.2, -0.15) is 0 Å². The van der Waals surface area contributed by atoms with Crippen LogP contribution in [0.5, 0.6) is 5.75 Å². The van der Waals surface area contributed by atoms with E-state index < -0.39 is 17.3 Å². The van der Waals surface area contributed by atoms with Crippen molar-refractivity contribution in [3.63, 3.8) is 0 Å². The number of likely N-dealkylation sites (N-methyl/N-ethyl adjacent to an activating group) is 1. The van der Waals surface area contributed by atoms with Gasteiger partial charge in [0.25, 0.3) is 5.92 Å². The lowest BCUT2D eigenvalue weighted by Gasteiger charge is -2.32. The van der Waals surface area contributed by atoms with Gasteiger partial charge in [-0.3, -0.25) is 9.78 Å². The molecule has 1 aliphatic carbocycles. The summed E-state index contributed by atoms with van der Waals surface area (Å²) in [5.74, 6) is -3.65. The Morgan fingerprint density at radius 3 is 2.59 bits per heavy atom. The third-order valence-electron chi connectivity index (χ3n) is 6.56. The van der Waals surface area contributed by atoms with Gasteiger partial charge in [-0.05, 0) is 69.6 Å². The van der Waals surface area contributed by atoms with Gasteiger partial charge in [0.2, 0.25) is 5.91 Å². The Labute approximate surface area is 192 Å². The first-order chi connectivity index (χ1) is 15.0. The largest absolute Gasteiger partial charge is 0.508 e. The SMILES string of the molecule is CN(C)[C@H](CNC(=O)C[C@H](c1cccnc1)C1(C(C)(F)F)CC1)Cc1ccc(O)cc1Cl. The highest BCUT2D eigenvalue weighted by atomic mass is 35.5. The Hall–Kier alpha value is -2.25. The molecule has 0 aliphatic heterocycles. The van der Waals surface area contributed by atoms with Gasteiger partial charge in [-0.25, -0.2) is 8.78 Å². The smallest absolute Gasteiger partial charge is 0.251 e. The third kappa shape index (κ3) is 5.56. The van der Waals surface area contributed by atoms with Gasteiger partial charge in [0.1, 0.15) is 5.75 Å². The number of pyridine rings is 1. The van der Waals surface area contributed by atoms with Gasteiger partial charge in [0.05, 0.1) is 0 Å². The van der Waals surface area contributed by atoms with Crippen molar-refractivity contribution < 1.29 is 18.7 Å². The molecule has 174 valence electrons. The number of nitrogens with one attached hydrogen (secondary N) is 1. The first-order valence-electron chi connectivity index (χ1n) is 10.7. The molecule has 1 aliphatic rings. The predicted molar refractivity (Wildman–Crippen MR) is 121 cm³/mol. The van der Waals surface area contributed by atoms with Gasteiger partial charge >= 0.3 is 0 Å². The van der Waals surface area contributed by atoms with E-state index in [-0.39, 0.29) is 24.1 Å². The Kier molecular flexibility index (Phi) is 7.40. The summed E-state index contributed by atoms with van der Waals surface area (Å²) >= 11 is 6.23. The van der Waals surface area contributed by atoms with Gasteiger partial charge in [0.15, 0.2) is 0 Å². The number of hydrogen-bond acceptors (Lipinski definition) is 4. The number of phenols is 1. The molecule has 3 rings (SSSR count). The van der Waals surface area contributed by atoms with E-state index in [9.17, 15) is 18.7 Å². The number of benzene rings is 1. The van der Waals surface area contributed by atoms with Crippen molar-refractivity contribution >= 4 is 17.5 Å². The zero-order valence-corrected chi connectivity index (χ0v) is 19.4. The Bertz CT molecular complexity index is 931. The minimum Gasteiger partial charge on any atom is -0.508 e. The van der Waals surface area contributed by atoms with Crippen LogP contribution in [0.3, 0.4) is 0 Å². The standard InChI is InChI=1S/C24H30ClF2N3O2/c1-23(26,27)24(8-9-24)20(17-5-4-10-28-14-17)13-22(32)29-15-18(30(2)3)11-16-6-7-19(31)12-21(16)25/h4-7,10,12,14,18,20,31H,8-9,11,13,15H2,1-3H3,(H,29,32)/t18-,20+/m0/s1. The number of carbonyl (C=O) groups is 1. The van der Waals surface area contributed by atoms with Crippen LogP contribution in [0.2, 0.25) is 5.02 Å². The number of hydrogen-bond donors (Lipinski definition) is 2. The lowest BCUT2D eigenvalue weighted by molar-refractivity contribution is -0.123. The maximum absolute atomic E-state index is 14.5. The van der Waals surface area contributed by atoms with Crippen molar-refractivity contribution in [3.8, 4) is 5.75 Å². The molecular formula is C24H30ClF2N3O2. The first-order valence-corrected chi connectivity index (χ1v) is 11.1. The second-order valence-corrected chi connectivity index (χ2v) is 9.40. The average Bonchev–Trinajstić information content (AvgIpc) is 3.53. The topological polar surface area (TPSA) is 65.5 Å². The van der Waals surface area contributed by atoms with Crippen molar-refractivity contribution in [3.05, 3.63) is 58.9 Å². The number of nitrogens with zero attached hydrogens (tertiary/aromatic N) is 2. The number of aromatic hydroxyl groups is 1. The lowest BCUT2D eigenvalue weighted by atomic mass is 9.77. The molecule has 0 saturated heterocycles. The molecule has 32 heavy (non-hydrogen) atoms. The highest BCUT2D eigenvalue weighted by Crippen LogP contribution is 2.65. The van der Waals surface area contributed by atoms with E-state index in [1.807, 2.05) is 19.0 Å². The van der Waals surface area contributed by atoms with Crippen molar-refractivity contribution in [1.29, 1.82) is 0 Å². The molecule has 1 amide bonds. The van der Waals surface area contributed by atoms with Crippen LogP contribution in [0.4, 0.5) is 8.78 Å². The first kappa shape index (κ1) is 24.4. The van der Waals surface area contributed by atoms with Crippen LogP contribution in [0.25, 0.3) is 0 Å². The molecular weight excluding hydrogens is 436 g/mol. The summed E-state index contributed by atoms with van der Waals surface area (Å²) in [6, 6.07) is 8.25. The Balaban J connectivity index is 1.69. The molecule has 1 aromatic carbocycles. The van der Waals surface area contributed by atoms with Crippen molar-refractivity contribution in [1.82, 2.24) is 15.2 Å². The molecule has 2 N–H and O–H groups in total. The number of halogens is 3. The van der Waals surface area contributed by atoms with Gasteiger partial charge in [-0.1, -0.05) is 23.7 Å². The van der Waals surface area contributed by atoms with Gasteiger partial charge in [-0.15, -0.1) is 0 Å². The normalized spacial score (nSPS) is 17.1. The van der Waals surface area contributed by atoms with E-state index in [4.69, 9.17) is 11.6 Å². The zero-order chi connectivity index (χ0) is 23.5. The summed E-state index contributed by atoms with van der Waals surface area (Å²) in [7, 11) is 3.81. The number of rotatable bonds is 10.